The second kappa shape index (κ2) is 6.80. The highest BCUT2D eigenvalue weighted by Crippen LogP contribution is 2.08. The van der Waals surface area contributed by atoms with E-state index in [-0.39, 0.29) is 0 Å². The van der Waals surface area contributed by atoms with E-state index in [1.165, 1.54) is 0 Å². The number of benzene rings is 1. The molecule has 1 N–H and O–H groups in total. The van der Waals surface area contributed by atoms with Gasteiger partial charge in [-0.05, 0) is 18.4 Å². The van der Waals surface area contributed by atoms with E-state index >= 15 is 0 Å². The molecule has 1 atom stereocenters. The number of hydrogen-bond donors (Lipinski definition) is 1. The van der Waals surface area contributed by atoms with E-state index in [0.29, 0.717) is 19.4 Å². The van der Waals surface area contributed by atoms with Crippen LogP contribution in [0, 0.1) is 0 Å². The molecule has 1 rings (SSSR count). The van der Waals surface area contributed by atoms with E-state index in [4.69, 9.17) is 9.84 Å². The molecule has 3 heteroatoms. The smallest absolute Gasteiger partial charge is 0.332 e. The van der Waals surface area contributed by atoms with Crippen molar-refractivity contribution >= 4 is 5.97 Å². The molecule has 0 saturated heterocycles. The molecule has 86 valence electrons. The van der Waals surface area contributed by atoms with Gasteiger partial charge in [0.05, 0.1) is 6.61 Å². The van der Waals surface area contributed by atoms with Crippen molar-refractivity contribution in [1.29, 1.82) is 0 Å². The summed E-state index contributed by atoms with van der Waals surface area (Å²) < 4.78 is 5.34. The molecule has 0 amide bonds. The largest absolute Gasteiger partial charge is 0.479 e. The summed E-state index contributed by atoms with van der Waals surface area (Å²) in [5, 5.41) is 8.92. The van der Waals surface area contributed by atoms with E-state index in [1.807, 2.05) is 30.3 Å². The monoisotopic (exact) mass is 220 g/mol. The predicted octanol–water partition coefficient (Wildman–Crippen LogP) is 2.62. The number of aliphatic carboxylic acids is 1. The maximum atomic E-state index is 10.9. The van der Waals surface area contributed by atoms with Crippen molar-refractivity contribution in [2.45, 2.75) is 25.6 Å². The molecule has 0 fully saturated rings. The van der Waals surface area contributed by atoms with Gasteiger partial charge in [-0.15, -0.1) is 6.58 Å². The molecular formula is C13H16O3. The highest BCUT2D eigenvalue weighted by molar-refractivity contribution is 5.72. The molecule has 3 nitrogen and oxygen atoms in total. The maximum absolute atomic E-state index is 10.9. The molecule has 0 aromatic heterocycles. The minimum atomic E-state index is -0.919. The Morgan fingerprint density at radius 1 is 1.44 bits per heavy atom. The lowest BCUT2D eigenvalue weighted by atomic mass is 10.2. The first kappa shape index (κ1) is 12.5. The van der Waals surface area contributed by atoms with E-state index in [9.17, 15) is 4.79 Å². The highest BCUT2D eigenvalue weighted by atomic mass is 16.5. The third kappa shape index (κ3) is 4.28. The molecule has 0 aliphatic carbocycles. The van der Waals surface area contributed by atoms with Gasteiger partial charge >= 0.3 is 5.97 Å². The molecular weight excluding hydrogens is 204 g/mol. The van der Waals surface area contributed by atoms with Crippen molar-refractivity contribution < 1.29 is 14.6 Å². The van der Waals surface area contributed by atoms with Crippen LogP contribution in [-0.4, -0.2) is 17.2 Å². The van der Waals surface area contributed by atoms with Gasteiger partial charge in [0, 0.05) is 0 Å². The van der Waals surface area contributed by atoms with Gasteiger partial charge in [0.2, 0.25) is 0 Å². The van der Waals surface area contributed by atoms with Crippen molar-refractivity contribution in [3.05, 3.63) is 48.6 Å². The summed E-state index contributed by atoms with van der Waals surface area (Å²) in [4.78, 5) is 10.9. The fourth-order valence-corrected chi connectivity index (χ4v) is 1.32. The van der Waals surface area contributed by atoms with Gasteiger partial charge < -0.3 is 9.84 Å². The van der Waals surface area contributed by atoms with Crippen molar-refractivity contribution in [3.8, 4) is 0 Å². The van der Waals surface area contributed by atoms with Gasteiger partial charge in [0.1, 0.15) is 0 Å². The molecule has 1 aromatic carbocycles. The van der Waals surface area contributed by atoms with Crippen LogP contribution in [-0.2, 0) is 16.1 Å². The van der Waals surface area contributed by atoms with Crippen LogP contribution in [0.3, 0.4) is 0 Å². The second-order valence-corrected chi connectivity index (χ2v) is 3.49. The van der Waals surface area contributed by atoms with Crippen LogP contribution in [0.15, 0.2) is 43.0 Å². The molecule has 16 heavy (non-hydrogen) atoms. The first-order chi connectivity index (χ1) is 7.74. The third-order valence-electron chi connectivity index (χ3n) is 2.20. The average molecular weight is 220 g/mol. The standard InChI is InChI=1S/C13H16O3/c1-2-3-9-12(13(14)15)16-10-11-7-5-4-6-8-11/h2,4-8,12H,1,3,9-10H2,(H,14,15)/t12-/m1/s1. The van der Waals surface area contributed by atoms with Crippen molar-refractivity contribution in [2.75, 3.05) is 0 Å². The van der Waals surface area contributed by atoms with Gasteiger partial charge in [0.25, 0.3) is 0 Å². The lowest BCUT2D eigenvalue weighted by Gasteiger charge is -2.12. The molecule has 0 spiro atoms. The predicted molar refractivity (Wildman–Crippen MR) is 62.1 cm³/mol. The summed E-state index contributed by atoms with van der Waals surface area (Å²) >= 11 is 0. The molecule has 0 aliphatic heterocycles. The van der Waals surface area contributed by atoms with Crippen molar-refractivity contribution in [3.63, 3.8) is 0 Å². The van der Waals surface area contributed by atoms with E-state index in [2.05, 4.69) is 6.58 Å². The van der Waals surface area contributed by atoms with E-state index in [1.54, 1.807) is 6.08 Å². The number of hydrogen-bond acceptors (Lipinski definition) is 2. The molecule has 0 radical (unpaired) electrons. The van der Waals surface area contributed by atoms with Gasteiger partial charge in [-0.1, -0.05) is 36.4 Å². The minimum Gasteiger partial charge on any atom is -0.479 e. The first-order valence-electron chi connectivity index (χ1n) is 5.23. The Balaban J connectivity index is 2.43. The fourth-order valence-electron chi connectivity index (χ4n) is 1.32. The SMILES string of the molecule is C=CCC[C@@H](OCc1ccccc1)C(=O)O. The Kier molecular flexibility index (Phi) is 5.29. The van der Waals surface area contributed by atoms with E-state index < -0.39 is 12.1 Å². The van der Waals surface area contributed by atoms with Gasteiger partial charge in [0.15, 0.2) is 6.10 Å². The van der Waals surface area contributed by atoms with Crippen molar-refractivity contribution in [2.24, 2.45) is 0 Å². The molecule has 0 unspecified atom stereocenters. The van der Waals surface area contributed by atoms with E-state index in [0.717, 1.165) is 5.56 Å². The summed E-state index contributed by atoms with van der Waals surface area (Å²) in [6.45, 7) is 3.89. The number of carboxylic acids is 1. The van der Waals surface area contributed by atoms with Gasteiger partial charge in [-0.25, -0.2) is 4.79 Å². The lowest BCUT2D eigenvalue weighted by molar-refractivity contribution is -0.151. The summed E-state index contributed by atoms with van der Waals surface area (Å²) in [7, 11) is 0. The molecule has 1 aromatic rings. The summed E-state index contributed by atoms with van der Waals surface area (Å²) in [5.41, 5.74) is 0.979. The van der Waals surface area contributed by atoms with Crippen LogP contribution in [0.1, 0.15) is 18.4 Å². The van der Waals surface area contributed by atoms with Crippen LogP contribution < -0.4 is 0 Å². The first-order valence-corrected chi connectivity index (χ1v) is 5.23. The van der Waals surface area contributed by atoms with Crippen LogP contribution in [0.5, 0.6) is 0 Å². The summed E-state index contributed by atoms with van der Waals surface area (Å²) in [6, 6.07) is 9.53. The minimum absolute atomic E-state index is 0.328. The van der Waals surface area contributed by atoms with Gasteiger partial charge in [-0.3, -0.25) is 0 Å². The summed E-state index contributed by atoms with van der Waals surface area (Å²) in [5.74, 6) is -0.919. The molecule has 0 saturated carbocycles. The zero-order valence-electron chi connectivity index (χ0n) is 9.13. The van der Waals surface area contributed by atoms with Crippen LogP contribution >= 0.6 is 0 Å². The lowest BCUT2D eigenvalue weighted by Crippen LogP contribution is -2.23. The molecule has 0 bridgehead atoms. The van der Waals surface area contributed by atoms with Crippen LogP contribution in [0.4, 0.5) is 0 Å². The maximum Gasteiger partial charge on any atom is 0.332 e. The van der Waals surface area contributed by atoms with Gasteiger partial charge in [-0.2, -0.15) is 0 Å². The number of carbonyl (C=O) groups is 1. The fraction of sp³-hybridized carbons (Fsp3) is 0.308. The van der Waals surface area contributed by atoms with Crippen LogP contribution in [0.25, 0.3) is 0 Å². The Morgan fingerprint density at radius 3 is 2.69 bits per heavy atom. The normalized spacial score (nSPS) is 12.0. The van der Waals surface area contributed by atoms with Crippen molar-refractivity contribution in [1.82, 2.24) is 0 Å². The summed E-state index contributed by atoms with van der Waals surface area (Å²) in [6.07, 6.45) is 2.05. The number of allylic oxidation sites excluding steroid dienone is 1. The topological polar surface area (TPSA) is 46.5 Å². The Hall–Kier alpha value is -1.61. The van der Waals surface area contributed by atoms with Crippen LogP contribution in [0.2, 0.25) is 0 Å². The Labute approximate surface area is 95.4 Å². The number of rotatable bonds is 7. The molecule has 0 heterocycles. The zero-order valence-corrected chi connectivity index (χ0v) is 9.13. The third-order valence-corrected chi connectivity index (χ3v) is 2.20. The average Bonchev–Trinajstić information content (AvgIpc) is 2.30. The zero-order chi connectivity index (χ0) is 11.8. The second-order valence-electron chi connectivity index (χ2n) is 3.49. The number of carboxylic acid groups (broad SMARTS) is 1. The quantitative estimate of drug-likeness (QED) is 0.718. The Morgan fingerprint density at radius 2 is 2.12 bits per heavy atom. The highest BCUT2D eigenvalue weighted by Gasteiger charge is 2.16. The molecule has 0 aliphatic rings. The Bertz CT molecular complexity index is 332. The number of ether oxygens (including phenoxy) is 1.